The number of rotatable bonds is 4. The van der Waals surface area contributed by atoms with Crippen molar-refractivity contribution < 1.29 is 9.31 Å². The van der Waals surface area contributed by atoms with E-state index in [0.717, 1.165) is 11.3 Å². The molecule has 2 aromatic rings. The molecule has 0 aliphatic carbocycles. The van der Waals surface area contributed by atoms with Gasteiger partial charge in [-0.1, -0.05) is 11.6 Å². The van der Waals surface area contributed by atoms with Gasteiger partial charge in [-0.2, -0.15) is 0 Å². The van der Waals surface area contributed by atoms with E-state index in [1.54, 1.807) is 26.0 Å². The molecule has 6 heteroatoms. The zero-order valence-electron chi connectivity index (χ0n) is 11.6. The van der Waals surface area contributed by atoms with Crippen LogP contribution < -0.4 is 5.32 Å². The lowest BCUT2D eigenvalue weighted by molar-refractivity contribution is -0.385. The molecule has 2 aromatic carbocycles. The Labute approximate surface area is 126 Å². The van der Waals surface area contributed by atoms with E-state index in [4.69, 9.17) is 11.6 Å². The second kappa shape index (κ2) is 6.10. The predicted molar refractivity (Wildman–Crippen MR) is 81.3 cm³/mol. The number of aryl methyl sites for hydroxylation is 2. The number of nitro benzene ring substituents is 1. The highest BCUT2D eigenvalue weighted by atomic mass is 35.5. The van der Waals surface area contributed by atoms with E-state index >= 15 is 0 Å². The number of halogens is 2. The van der Waals surface area contributed by atoms with Gasteiger partial charge in [0.1, 0.15) is 5.82 Å². The first-order valence-electron chi connectivity index (χ1n) is 6.32. The molecule has 110 valence electrons. The van der Waals surface area contributed by atoms with E-state index in [9.17, 15) is 14.5 Å². The third-order valence-corrected chi connectivity index (χ3v) is 3.45. The third kappa shape index (κ3) is 3.49. The van der Waals surface area contributed by atoms with Crippen LogP contribution in [-0.4, -0.2) is 4.92 Å². The summed E-state index contributed by atoms with van der Waals surface area (Å²) in [4.78, 5) is 10.5. The SMILES string of the molecule is Cc1cc([N+](=O)[O-])c(C)cc1NCc1cc(Cl)ccc1F. The Balaban J connectivity index is 2.22. The summed E-state index contributed by atoms with van der Waals surface area (Å²) in [6.07, 6.45) is 0. The topological polar surface area (TPSA) is 55.2 Å². The maximum atomic E-state index is 13.6. The average molecular weight is 309 g/mol. The lowest BCUT2D eigenvalue weighted by atomic mass is 10.1. The summed E-state index contributed by atoms with van der Waals surface area (Å²) in [7, 11) is 0. The van der Waals surface area contributed by atoms with Crippen molar-refractivity contribution in [2.24, 2.45) is 0 Å². The van der Waals surface area contributed by atoms with Gasteiger partial charge in [0.2, 0.25) is 0 Å². The molecule has 0 aromatic heterocycles. The van der Waals surface area contributed by atoms with E-state index in [1.165, 1.54) is 18.2 Å². The van der Waals surface area contributed by atoms with Crippen LogP contribution in [0.2, 0.25) is 5.02 Å². The summed E-state index contributed by atoms with van der Waals surface area (Å²) >= 11 is 5.84. The number of hydrogen-bond donors (Lipinski definition) is 1. The number of anilines is 1. The van der Waals surface area contributed by atoms with Crippen molar-refractivity contribution in [2.75, 3.05) is 5.32 Å². The number of benzene rings is 2. The Morgan fingerprint density at radius 3 is 2.62 bits per heavy atom. The monoisotopic (exact) mass is 308 g/mol. The summed E-state index contributed by atoms with van der Waals surface area (Å²) in [5.74, 6) is -0.344. The van der Waals surface area contributed by atoms with Crippen LogP contribution in [-0.2, 0) is 6.54 Å². The van der Waals surface area contributed by atoms with Crippen LogP contribution in [0.25, 0.3) is 0 Å². The summed E-state index contributed by atoms with van der Waals surface area (Å²) in [5.41, 5.74) is 2.54. The average Bonchev–Trinajstić information content (AvgIpc) is 2.42. The molecule has 0 aliphatic heterocycles. The Morgan fingerprint density at radius 2 is 1.95 bits per heavy atom. The molecule has 0 fully saturated rings. The number of nitrogens with one attached hydrogen (secondary N) is 1. The van der Waals surface area contributed by atoms with Gasteiger partial charge in [-0.15, -0.1) is 0 Å². The van der Waals surface area contributed by atoms with Crippen LogP contribution in [0.1, 0.15) is 16.7 Å². The minimum Gasteiger partial charge on any atom is -0.381 e. The second-order valence-corrected chi connectivity index (χ2v) is 5.24. The highest BCUT2D eigenvalue weighted by Crippen LogP contribution is 2.26. The van der Waals surface area contributed by atoms with E-state index in [1.807, 2.05) is 0 Å². The highest BCUT2D eigenvalue weighted by Gasteiger charge is 2.13. The minimum absolute atomic E-state index is 0.0759. The Hall–Kier alpha value is -2.14. The lowest BCUT2D eigenvalue weighted by Crippen LogP contribution is -2.04. The fraction of sp³-hybridized carbons (Fsp3) is 0.200. The van der Waals surface area contributed by atoms with Crippen LogP contribution in [0.15, 0.2) is 30.3 Å². The molecule has 1 N–H and O–H groups in total. The van der Waals surface area contributed by atoms with Crippen molar-refractivity contribution in [3.05, 3.63) is 68.0 Å². The van der Waals surface area contributed by atoms with Crippen LogP contribution in [0.3, 0.4) is 0 Å². The predicted octanol–water partition coefficient (Wildman–Crippen LogP) is 4.62. The summed E-state index contributed by atoms with van der Waals surface area (Å²) in [6, 6.07) is 7.55. The van der Waals surface area contributed by atoms with Crippen LogP contribution in [0, 0.1) is 29.8 Å². The summed E-state index contributed by atoms with van der Waals surface area (Å²) < 4.78 is 13.6. The quantitative estimate of drug-likeness (QED) is 0.662. The summed E-state index contributed by atoms with van der Waals surface area (Å²) in [6.45, 7) is 3.69. The molecule has 4 nitrogen and oxygen atoms in total. The van der Waals surface area contributed by atoms with E-state index in [-0.39, 0.29) is 18.0 Å². The van der Waals surface area contributed by atoms with Gasteiger partial charge in [-0.3, -0.25) is 10.1 Å². The molecule has 0 saturated heterocycles. The molecule has 0 atom stereocenters. The number of hydrogen-bond acceptors (Lipinski definition) is 3. The van der Waals surface area contributed by atoms with Gasteiger partial charge >= 0.3 is 0 Å². The van der Waals surface area contributed by atoms with E-state index in [2.05, 4.69) is 5.32 Å². The molecule has 0 spiro atoms. The first-order chi connectivity index (χ1) is 9.88. The van der Waals surface area contributed by atoms with Crippen LogP contribution in [0.4, 0.5) is 15.8 Å². The first-order valence-corrected chi connectivity index (χ1v) is 6.69. The van der Waals surface area contributed by atoms with Gasteiger partial charge in [-0.05, 0) is 43.7 Å². The van der Waals surface area contributed by atoms with Crippen LogP contribution in [0.5, 0.6) is 0 Å². The van der Waals surface area contributed by atoms with Gasteiger partial charge in [0.05, 0.1) is 4.92 Å². The van der Waals surface area contributed by atoms with Crippen molar-refractivity contribution in [2.45, 2.75) is 20.4 Å². The second-order valence-electron chi connectivity index (χ2n) is 4.80. The molecule has 0 radical (unpaired) electrons. The smallest absolute Gasteiger partial charge is 0.272 e. The third-order valence-electron chi connectivity index (χ3n) is 3.22. The Kier molecular flexibility index (Phi) is 4.43. The van der Waals surface area contributed by atoms with Gasteiger partial charge in [0.15, 0.2) is 0 Å². The maximum absolute atomic E-state index is 13.6. The van der Waals surface area contributed by atoms with E-state index < -0.39 is 4.92 Å². The first kappa shape index (κ1) is 15.3. The lowest BCUT2D eigenvalue weighted by Gasteiger charge is -2.11. The molecule has 0 aliphatic rings. The van der Waals surface area contributed by atoms with Gasteiger partial charge in [0.25, 0.3) is 5.69 Å². The van der Waals surface area contributed by atoms with Gasteiger partial charge < -0.3 is 5.32 Å². The normalized spacial score (nSPS) is 10.5. The maximum Gasteiger partial charge on any atom is 0.272 e. The van der Waals surface area contributed by atoms with Crippen molar-refractivity contribution in [1.82, 2.24) is 0 Å². The van der Waals surface area contributed by atoms with Crippen molar-refractivity contribution in [3.63, 3.8) is 0 Å². The molecule has 21 heavy (non-hydrogen) atoms. The molecular weight excluding hydrogens is 295 g/mol. The molecule has 2 rings (SSSR count). The zero-order valence-corrected chi connectivity index (χ0v) is 12.4. The zero-order chi connectivity index (χ0) is 15.6. The van der Waals surface area contributed by atoms with Crippen molar-refractivity contribution in [3.8, 4) is 0 Å². The number of nitrogens with zero attached hydrogens (tertiary/aromatic N) is 1. The van der Waals surface area contributed by atoms with Gasteiger partial charge in [-0.25, -0.2) is 4.39 Å². The van der Waals surface area contributed by atoms with Crippen molar-refractivity contribution >= 4 is 23.0 Å². The number of nitro groups is 1. The standard InChI is InChI=1S/C15H14ClFN2O2/c1-9-6-15(19(20)21)10(2)5-14(9)18-8-11-7-12(16)3-4-13(11)17/h3-7,18H,8H2,1-2H3. The fourth-order valence-electron chi connectivity index (χ4n) is 2.06. The summed E-state index contributed by atoms with van der Waals surface area (Å²) in [5, 5.41) is 14.4. The van der Waals surface area contributed by atoms with E-state index in [0.29, 0.717) is 16.1 Å². The Morgan fingerprint density at radius 1 is 1.24 bits per heavy atom. The molecule has 0 saturated carbocycles. The minimum atomic E-state index is -0.414. The molecule has 0 unspecified atom stereocenters. The molecule has 0 bridgehead atoms. The van der Waals surface area contributed by atoms with Gasteiger partial charge in [0, 0.05) is 34.4 Å². The van der Waals surface area contributed by atoms with Crippen LogP contribution >= 0.6 is 11.6 Å². The van der Waals surface area contributed by atoms with Crippen molar-refractivity contribution in [1.29, 1.82) is 0 Å². The molecule has 0 heterocycles. The molecular formula is C15H14ClFN2O2. The largest absolute Gasteiger partial charge is 0.381 e. The molecule has 0 amide bonds. The highest BCUT2D eigenvalue weighted by molar-refractivity contribution is 6.30. The fourth-order valence-corrected chi connectivity index (χ4v) is 2.25. The Bertz CT molecular complexity index is 704.